The molecule has 0 amide bonds. The molecule has 54 valence electrons. The zero-order valence-corrected chi connectivity index (χ0v) is 6.31. The summed E-state index contributed by atoms with van der Waals surface area (Å²) in [4.78, 5) is 0. The second-order valence-electron chi connectivity index (χ2n) is 3.26. The fraction of sp³-hybridized carbons (Fsp3) is 1.00. The van der Waals surface area contributed by atoms with E-state index in [1.165, 1.54) is 0 Å². The SMILES string of the molecule is CC1OCOCC1(C)C. The van der Waals surface area contributed by atoms with Gasteiger partial charge in [0.05, 0.1) is 12.7 Å². The highest BCUT2D eigenvalue weighted by Crippen LogP contribution is 2.26. The van der Waals surface area contributed by atoms with Gasteiger partial charge >= 0.3 is 0 Å². The van der Waals surface area contributed by atoms with Gasteiger partial charge in [0.2, 0.25) is 0 Å². The van der Waals surface area contributed by atoms with Crippen LogP contribution in [0.3, 0.4) is 0 Å². The molecule has 0 aliphatic carbocycles. The van der Waals surface area contributed by atoms with Crippen molar-refractivity contribution in [2.45, 2.75) is 26.9 Å². The molecule has 0 N–H and O–H groups in total. The summed E-state index contributed by atoms with van der Waals surface area (Å²) in [5.41, 5.74) is 0.193. The van der Waals surface area contributed by atoms with E-state index in [4.69, 9.17) is 9.47 Å². The van der Waals surface area contributed by atoms with E-state index in [1.807, 2.05) is 0 Å². The van der Waals surface area contributed by atoms with Gasteiger partial charge in [0.15, 0.2) is 0 Å². The molecule has 0 radical (unpaired) electrons. The van der Waals surface area contributed by atoms with Crippen molar-refractivity contribution >= 4 is 0 Å². The lowest BCUT2D eigenvalue weighted by atomic mass is 9.88. The quantitative estimate of drug-likeness (QED) is 0.493. The summed E-state index contributed by atoms with van der Waals surface area (Å²) >= 11 is 0. The van der Waals surface area contributed by atoms with Crippen molar-refractivity contribution in [2.24, 2.45) is 5.41 Å². The average molecular weight is 130 g/mol. The Kier molecular flexibility index (Phi) is 1.78. The Balaban J connectivity index is 2.49. The molecular formula is C7H14O2. The lowest BCUT2D eigenvalue weighted by molar-refractivity contribution is -0.192. The minimum atomic E-state index is 0.193. The van der Waals surface area contributed by atoms with Gasteiger partial charge in [0, 0.05) is 5.41 Å². The third-order valence-corrected chi connectivity index (χ3v) is 1.98. The predicted octanol–water partition coefficient (Wildman–Crippen LogP) is 1.41. The van der Waals surface area contributed by atoms with Crippen molar-refractivity contribution in [3.63, 3.8) is 0 Å². The van der Waals surface area contributed by atoms with E-state index in [9.17, 15) is 0 Å². The van der Waals surface area contributed by atoms with Crippen LogP contribution in [0.15, 0.2) is 0 Å². The van der Waals surface area contributed by atoms with Crippen LogP contribution in [0.4, 0.5) is 0 Å². The highest BCUT2D eigenvalue weighted by atomic mass is 16.7. The van der Waals surface area contributed by atoms with Crippen molar-refractivity contribution in [1.82, 2.24) is 0 Å². The van der Waals surface area contributed by atoms with E-state index in [1.54, 1.807) is 0 Å². The summed E-state index contributed by atoms with van der Waals surface area (Å²) in [6.07, 6.45) is 0.325. The molecule has 1 unspecified atom stereocenters. The Morgan fingerprint density at radius 3 is 2.44 bits per heavy atom. The van der Waals surface area contributed by atoms with Crippen LogP contribution in [0.25, 0.3) is 0 Å². The molecule has 0 bridgehead atoms. The molecule has 0 aromatic carbocycles. The molecule has 2 nitrogen and oxygen atoms in total. The van der Waals surface area contributed by atoms with Gasteiger partial charge in [-0.15, -0.1) is 0 Å². The van der Waals surface area contributed by atoms with E-state index in [-0.39, 0.29) is 5.41 Å². The van der Waals surface area contributed by atoms with Gasteiger partial charge in [-0.1, -0.05) is 13.8 Å². The molecule has 1 aliphatic heterocycles. The molecule has 1 heterocycles. The van der Waals surface area contributed by atoms with Gasteiger partial charge in [-0.3, -0.25) is 0 Å². The Labute approximate surface area is 56.2 Å². The van der Waals surface area contributed by atoms with E-state index >= 15 is 0 Å². The molecule has 1 aliphatic rings. The maximum absolute atomic E-state index is 5.27. The van der Waals surface area contributed by atoms with Crippen molar-refractivity contribution in [1.29, 1.82) is 0 Å². The van der Waals surface area contributed by atoms with Crippen LogP contribution in [0.5, 0.6) is 0 Å². The number of rotatable bonds is 0. The molecule has 1 rings (SSSR count). The fourth-order valence-corrected chi connectivity index (χ4v) is 0.798. The third-order valence-electron chi connectivity index (χ3n) is 1.98. The Bertz CT molecular complexity index is 99.1. The topological polar surface area (TPSA) is 18.5 Å². The lowest BCUT2D eigenvalue weighted by Crippen LogP contribution is -2.39. The first-order valence-corrected chi connectivity index (χ1v) is 3.32. The van der Waals surface area contributed by atoms with Crippen LogP contribution in [-0.2, 0) is 9.47 Å². The first kappa shape index (κ1) is 7.03. The van der Waals surface area contributed by atoms with Gasteiger partial charge in [0.25, 0.3) is 0 Å². The van der Waals surface area contributed by atoms with Crippen LogP contribution in [0.1, 0.15) is 20.8 Å². The van der Waals surface area contributed by atoms with E-state index in [2.05, 4.69) is 20.8 Å². The summed E-state index contributed by atoms with van der Waals surface area (Å²) in [7, 11) is 0. The van der Waals surface area contributed by atoms with Gasteiger partial charge in [0.1, 0.15) is 6.79 Å². The normalized spacial score (nSPS) is 34.3. The van der Waals surface area contributed by atoms with Crippen LogP contribution in [0.2, 0.25) is 0 Å². The molecule has 2 heteroatoms. The largest absolute Gasteiger partial charge is 0.355 e. The van der Waals surface area contributed by atoms with Crippen molar-refractivity contribution in [3.05, 3.63) is 0 Å². The van der Waals surface area contributed by atoms with E-state index in [0.717, 1.165) is 6.61 Å². The maximum Gasteiger partial charge on any atom is 0.147 e. The Morgan fingerprint density at radius 2 is 2.11 bits per heavy atom. The van der Waals surface area contributed by atoms with Gasteiger partial charge in [-0.25, -0.2) is 0 Å². The molecule has 1 fully saturated rings. The lowest BCUT2D eigenvalue weighted by Gasteiger charge is -2.35. The van der Waals surface area contributed by atoms with Crippen molar-refractivity contribution in [2.75, 3.05) is 13.4 Å². The predicted molar refractivity (Wildman–Crippen MR) is 35.1 cm³/mol. The molecule has 9 heavy (non-hydrogen) atoms. The molecule has 0 spiro atoms. The summed E-state index contributed by atoms with van der Waals surface area (Å²) in [6, 6.07) is 0. The first-order chi connectivity index (χ1) is 4.13. The Hall–Kier alpha value is -0.0800. The van der Waals surface area contributed by atoms with Gasteiger partial charge < -0.3 is 9.47 Å². The minimum absolute atomic E-state index is 0.193. The highest BCUT2D eigenvalue weighted by molar-refractivity contribution is 4.76. The van der Waals surface area contributed by atoms with Gasteiger partial charge in [-0.2, -0.15) is 0 Å². The van der Waals surface area contributed by atoms with E-state index in [0.29, 0.717) is 12.9 Å². The van der Waals surface area contributed by atoms with Crippen molar-refractivity contribution < 1.29 is 9.47 Å². The monoisotopic (exact) mass is 130 g/mol. The highest BCUT2D eigenvalue weighted by Gasteiger charge is 2.30. The zero-order valence-electron chi connectivity index (χ0n) is 6.31. The molecule has 0 aromatic rings. The second kappa shape index (κ2) is 2.27. The maximum atomic E-state index is 5.27. The van der Waals surface area contributed by atoms with Crippen LogP contribution < -0.4 is 0 Å². The summed E-state index contributed by atoms with van der Waals surface area (Å²) in [6.45, 7) is 7.66. The molecule has 1 saturated heterocycles. The molecule has 0 aromatic heterocycles. The second-order valence-corrected chi connectivity index (χ2v) is 3.26. The number of hydrogen-bond donors (Lipinski definition) is 0. The molecular weight excluding hydrogens is 116 g/mol. The van der Waals surface area contributed by atoms with Gasteiger partial charge in [-0.05, 0) is 6.92 Å². The third kappa shape index (κ3) is 1.43. The van der Waals surface area contributed by atoms with Crippen LogP contribution in [-0.4, -0.2) is 19.5 Å². The number of hydrogen-bond acceptors (Lipinski definition) is 2. The summed E-state index contributed by atoms with van der Waals surface area (Å²) < 4.78 is 10.4. The van der Waals surface area contributed by atoms with Crippen LogP contribution >= 0.6 is 0 Å². The standard InChI is InChI=1S/C7H14O2/c1-6-7(2,3)4-8-5-9-6/h6H,4-5H2,1-3H3. The smallest absolute Gasteiger partial charge is 0.147 e. The zero-order chi connectivity index (χ0) is 6.91. The minimum Gasteiger partial charge on any atom is -0.355 e. The number of ether oxygens (including phenoxy) is 2. The van der Waals surface area contributed by atoms with Crippen LogP contribution in [0, 0.1) is 5.41 Å². The molecule has 0 saturated carbocycles. The van der Waals surface area contributed by atoms with Crippen molar-refractivity contribution in [3.8, 4) is 0 Å². The molecule has 1 atom stereocenters. The fourth-order valence-electron chi connectivity index (χ4n) is 0.798. The van der Waals surface area contributed by atoms with E-state index < -0.39 is 0 Å². The Morgan fingerprint density at radius 1 is 1.44 bits per heavy atom. The first-order valence-electron chi connectivity index (χ1n) is 3.32. The summed E-state index contributed by atoms with van der Waals surface area (Å²) in [5.74, 6) is 0. The summed E-state index contributed by atoms with van der Waals surface area (Å²) in [5, 5.41) is 0. The average Bonchev–Trinajstić information content (AvgIpc) is 1.77.